The molecule has 0 amide bonds. The van der Waals surface area contributed by atoms with Gasteiger partial charge in [-0.25, -0.2) is 0 Å². The molecule has 0 bridgehead atoms. The lowest BCUT2D eigenvalue weighted by Gasteiger charge is -2.15. The quantitative estimate of drug-likeness (QED) is 0.219. The summed E-state index contributed by atoms with van der Waals surface area (Å²) in [7, 11) is 0. The predicted molar refractivity (Wildman–Crippen MR) is 139 cm³/mol. The Kier molecular flexibility index (Phi) is 8.23. The van der Waals surface area contributed by atoms with Gasteiger partial charge in [0.1, 0.15) is 25.6 Å². The standard InChI is InChI=1S/C31H32O3/c1-3-9-28-22-27(26-16-14-24(2)15-17-26)18-19-29(28)32-20-21-33-30-12-7-8-13-31(30)34-23-25-10-5-4-6-11-25/h4-8,10-19,22H,3,9,20-21,23H2,1-2H3. The largest absolute Gasteiger partial charge is 0.490 e. The average molecular weight is 453 g/mol. The van der Waals surface area contributed by atoms with Gasteiger partial charge >= 0.3 is 0 Å². The van der Waals surface area contributed by atoms with E-state index < -0.39 is 0 Å². The molecule has 4 aromatic carbocycles. The van der Waals surface area contributed by atoms with E-state index in [2.05, 4.69) is 68.4 Å². The first kappa shape index (κ1) is 23.4. The lowest BCUT2D eigenvalue weighted by Crippen LogP contribution is -2.11. The molecule has 0 saturated carbocycles. The highest BCUT2D eigenvalue weighted by Gasteiger charge is 2.08. The van der Waals surface area contributed by atoms with Crippen LogP contribution in [0.3, 0.4) is 0 Å². The van der Waals surface area contributed by atoms with Crippen LogP contribution in [-0.4, -0.2) is 13.2 Å². The molecule has 0 heterocycles. The van der Waals surface area contributed by atoms with Gasteiger partial charge in [-0.3, -0.25) is 0 Å². The van der Waals surface area contributed by atoms with Gasteiger partial charge in [0, 0.05) is 0 Å². The van der Waals surface area contributed by atoms with Gasteiger partial charge in [0.25, 0.3) is 0 Å². The number of ether oxygens (including phenoxy) is 3. The van der Waals surface area contributed by atoms with Crippen molar-refractivity contribution >= 4 is 0 Å². The van der Waals surface area contributed by atoms with Crippen molar-refractivity contribution in [2.75, 3.05) is 13.2 Å². The Balaban J connectivity index is 1.35. The van der Waals surface area contributed by atoms with Crippen molar-refractivity contribution in [1.82, 2.24) is 0 Å². The average Bonchev–Trinajstić information content (AvgIpc) is 2.88. The van der Waals surface area contributed by atoms with Gasteiger partial charge in [0.05, 0.1) is 0 Å². The second kappa shape index (κ2) is 11.9. The highest BCUT2D eigenvalue weighted by Crippen LogP contribution is 2.29. The zero-order valence-corrected chi connectivity index (χ0v) is 20.0. The first-order chi connectivity index (χ1) is 16.7. The van der Waals surface area contributed by atoms with E-state index in [1.54, 1.807) is 0 Å². The molecule has 0 radical (unpaired) electrons. The monoisotopic (exact) mass is 452 g/mol. The van der Waals surface area contributed by atoms with E-state index in [4.69, 9.17) is 14.2 Å². The number of hydrogen-bond acceptors (Lipinski definition) is 3. The lowest BCUT2D eigenvalue weighted by molar-refractivity contribution is 0.204. The van der Waals surface area contributed by atoms with E-state index in [1.807, 2.05) is 42.5 Å². The van der Waals surface area contributed by atoms with Crippen molar-refractivity contribution in [2.45, 2.75) is 33.3 Å². The molecule has 0 N–H and O–H groups in total. The maximum Gasteiger partial charge on any atom is 0.161 e. The van der Waals surface area contributed by atoms with Crippen molar-refractivity contribution < 1.29 is 14.2 Å². The van der Waals surface area contributed by atoms with Crippen molar-refractivity contribution in [2.24, 2.45) is 0 Å². The summed E-state index contributed by atoms with van der Waals surface area (Å²) in [6.45, 7) is 5.72. The van der Waals surface area contributed by atoms with Crippen LogP contribution in [0.4, 0.5) is 0 Å². The van der Waals surface area contributed by atoms with Gasteiger partial charge in [-0.1, -0.05) is 91.7 Å². The number of rotatable bonds is 11. The molecule has 0 aliphatic carbocycles. The maximum atomic E-state index is 6.12. The van der Waals surface area contributed by atoms with Crippen molar-refractivity contribution in [3.63, 3.8) is 0 Å². The second-order valence-electron chi connectivity index (χ2n) is 8.36. The number of aryl methyl sites for hydroxylation is 2. The van der Waals surface area contributed by atoms with Gasteiger partial charge in [-0.05, 0) is 59.9 Å². The number of benzene rings is 4. The summed E-state index contributed by atoms with van der Waals surface area (Å²) in [6.07, 6.45) is 2.04. The van der Waals surface area contributed by atoms with Crippen LogP contribution in [0.25, 0.3) is 11.1 Å². The third-order valence-corrected chi connectivity index (χ3v) is 5.65. The van der Waals surface area contributed by atoms with Crippen LogP contribution in [0.1, 0.15) is 30.0 Å². The summed E-state index contributed by atoms with van der Waals surface area (Å²) in [5.41, 5.74) is 6.07. The van der Waals surface area contributed by atoms with Crippen LogP contribution >= 0.6 is 0 Å². The highest BCUT2D eigenvalue weighted by atomic mass is 16.5. The molecule has 4 rings (SSSR count). The van der Waals surface area contributed by atoms with E-state index in [0.717, 1.165) is 35.7 Å². The third-order valence-electron chi connectivity index (χ3n) is 5.65. The van der Waals surface area contributed by atoms with Gasteiger partial charge in [0.15, 0.2) is 11.5 Å². The molecule has 3 nitrogen and oxygen atoms in total. The fourth-order valence-corrected chi connectivity index (χ4v) is 3.84. The molecule has 0 saturated heterocycles. The van der Waals surface area contributed by atoms with Crippen molar-refractivity contribution in [3.8, 4) is 28.4 Å². The highest BCUT2D eigenvalue weighted by molar-refractivity contribution is 5.66. The molecule has 0 atom stereocenters. The third kappa shape index (κ3) is 6.41. The van der Waals surface area contributed by atoms with Gasteiger partial charge < -0.3 is 14.2 Å². The predicted octanol–water partition coefficient (Wildman–Crippen LogP) is 7.65. The van der Waals surface area contributed by atoms with Crippen LogP contribution < -0.4 is 14.2 Å². The molecule has 34 heavy (non-hydrogen) atoms. The van der Waals surface area contributed by atoms with Crippen molar-refractivity contribution in [3.05, 3.63) is 114 Å². The minimum atomic E-state index is 0.441. The Morgan fingerprint density at radius 1 is 0.588 bits per heavy atom. The molecular weight excluding hydrogens is 420 g/mol. The smallest absolute Gasteiger partial charge is 0.161 e. The molecule has 3 heteroatoms. The van der Waals surface area contributed by atoms with Crippen LogP contribution in [0.15, 0.2) is 97.1 Å². The molecule has 0 fully saturated rings. The Labute approximate surface area is 202 Å². The zero-order valence-electron chi connectivity index (χ0n) is 20.0. The summed E-state index contributed by atoms with van der Waals surface area (Å²) >= 11 is 0. The second-order valence-corrected chi connectivity index (χ2v) is 8.36. The van der Waals surface area contributed by atoms with Gasteiger partial charge in [0.2, 0.25) is 0 Å². The van der Waals surface area contributed by atoms with Gasteiger partial charge in [-0.15, -0.1) is 0 Å². The van der Waals surface area contributed by atoms with Crippen molar-refractivity contribution in [1.29, 1.82) is 0 Å². The summed E-state index contributed by atoms with van der Waals surface area (Å²) < 4.78 is 18.1. The molecule has 174 valence electrons. The zero-order chi connectivity index (χ0) is 23.6. The Bertz CT molecular complexity index is 1170. The van der Waals surface area contributed by atoms with E-state index in [-0.39, 0.29) is 0 Å². The fraction of sp³-hybridized carbons (Fsp3) is 0.226. The first-order valence-corrected chi connectivity index (χ1v) is 11.9. The molecule has 0 aliphatic rings. The first-order valence-electron chi connectivity index (χ1n) is 11.9. The topological polar surface area (TPSA) is 27.7 Å². The van der Waals surface area contributed by atoms with Crippen LogP contribution in [0.2, 0.25) is 0 Å². The van der Waals surface area contributed by atoms with E-state index >= 15 is 0 Å². The number of hydrogen-bond donors (Lipinski definition) is 0. The SMILES string of the molecule is CCCc1cc(-c2ccc(C)cc2)ccc1OCCOc1ccccc1OCc1ccccc1. The summed E-state index contributed by atoms with van der Waals surface area (Å²) in [4.78, 5) is 0. The molecule has 4 aromatic rings. The molecule has 0 aliphatic heterocycles. The van der Waals surface area contributed by atoms with Crippen LogP contribution in [0.5, 0.6) is 17.2 Å². The molecular formula is C31H32O3. The lowest BCUT2D eigenvalue weighted by atomic mass is 9.99. The maximum absolute atomic E-state index is 6.12. The Hall–Kier alpha value is -3.72. The summed E-state index contributed by atoms with van der Waals surface area (Å²) in [5.74, 6) is 2.39. The van der Waals surface area contributed by atoms with Crippen LogP contribution in [-0.2, 0) is 13.0 Å². The van der Waals surface area contributed by atoms with Gasteiger partial charge in [-0.2, -0.15) is 0 Å². The van der Waals surface area contributed by atoms with E-state index in [9.17, 15) is 0 Å². The minimum absolute atomic E-state index is 0.441. The normalized spacial score (nSPS) is 10.6. The van der Waals surface area contributed by atoms with Crippen LogP contribution in [0, 0.1) is 6.92 Å². The summed E-state index contributed by atoms with van der Waals surface area (Å²) in [5, 5.41) is 0. The molecule has 0 spiro atoms. The Morgan fingerprint density at radius 2 is 1.21 bits per heavy atom. The van der Waals surface area contributed by atoms with E-state index in [0.29, 0.717) is 19.8 Å². The van der Waals surface area contributed by atoms with E-state index in [1.165, 1.54) is 22.3 Å². The molecule has 0 unspecified atom stereocenters. The summed E-state index contributed by atoms with van der Waals surface area (Å²) in [6, 6.07) is 33.0. The number of para-hydroxylation sites is 2. The fourth-order valence-electron chi connectivity index (χ4n) is 3.84. The minimum Gasteiger partial charge on any atom is -0.490 e. The Morgan fingerprint density at radius 3 is 1.91 bits per heavy atom. The molecule has 0 aromatic heterocycles.